The Hall–Kier alpha value is -2.59. The van der Waals surface area contributed by atoms with Gasteiger partial charge in [0.1, 0.15) is 0 Å². The monoisotopic (exact) mass is 322 g/mol. The van der Waals surface area contributed by atoms with E-state index in [1.807, 2.05) is 48.7 Å². The van der Waals surface area contributed by atoms with Gasteiger partial charge >= 0.3 is 0 Å². The second kappa shape index (κ2) is 7.79. The van der Waals surface area contributed by atoms with E-state index in [9.17, 15) is 9.90 Å². The first-order valence-electron chi connectivity index (χ1n) is 8.27. The number of fused-ring (bicyclic) bond motifs is 1. The molecule has 1 unspecified atom stereocenters. The zero-order valence-corrected chi connectivity index (χ0v) is 13.6. The van der Waals surface area contributed by atoms with Crippen LogP contribution in [0.5, 0.6) is 0 Å². The van der Waals surface area contributed by atoms with Crippen molar-refractivity contribution < 1.29 is 9.90 Å². The number of benzene rings is 2. The Kier molecular flexibility index (Phi) is 5.29. The lowest BCUT2D eigenvalue weighted by molar-refractivity contribution is -0.122. The second-order valence-corrected chi connectivity index (χ2v) is 5.86. The van der Waals surface area contributed by atoms with Crippen molar-refractivity contribution in [3.63, 3.8) is 0 Å². The summed E-state index contributed by atoms with van der Waals surface area (Å²) in [6.45, 7) is 0.683. The molecule has 0 aliphatic carbocycles. The lowest BCUT2D eigenvalue weighted by Gasteiger charge is -2.18. The van der Waals surface area contributed by atoms with Gasteiger partial charge in [0.25, 0.3) is 0 Å². The predicted molar refractivity (Wildman–Crippen MR) is 95.6 cm³/mol. The lowest BCUT2D eigenvalue weighted by atomic mass is 10.0. The van der Waals surface area contributed by atoms with Crippen LogP contribution in [0.1, 0.15) is 24.4 Å². The number of carbonyl (C=O) groups excluding carboxylic acids is 1. The molecule has 4 nitrogen and oxygen atoms in total. The summed E-state index contributed by atoms with van der Waals surface area (Å²) in [5.74, 6) is -0.00455. The Morgan fingerprint density at radius 3 is 2.58 bits per heavy atom. The third-order valence-electron chi connectivity index (χ3n) is 4.21. The molecule has 0 saturated heterocycles. The van der Waals surface area contributed by atoms with E-state index in [-0.39, 0.29) is 18.6 Å². The van der Waals surface area contributed by atoms with Crippen molar-refractivity contribution in [3.05, 3.63) is 72.4 Å². The van der Waals surface area contributed by atoms with Crippen LogP contribution >= 0.6 is 0 Å². The smallest absolute Gasteiger partial charge is 0.222 e. The summed E-state index contributed by atoms with van der Waals surface area (Å²) >= 11 is 0. The zero-order chi connectivity index (χ0) is 16.8. The molecule has 0 saturated carbocycles. The van der Waals surface area contributed by atoms with E-state index in [1.165, 1.54) is 5.39 Å². The van der Waals surface area contributed by atoms with Crippen molar-refractivity contribution in [2.24, 2.45) is 0 Å². The number of nitrogens with zero attached hydrogens (tertiary/aromatic N) is 1. The number of hydrogen-bond acceptors (Lipinski definition) is 2. The molecule has 24 heavy (non-hydrogen) atoms. The van der Waals surface area contributed by atoms with Gasteiger partial charge in [0.2, 0.25) is 5.91 Å². The third-order valence-corrected chi connectivity index (χ3v) is 4.21. The largest absolute Gasteiger partial charge is 0.396 e. The quantitative estimate of drug-likeness (QED) is 0.701. The highest BCUT2D eigenvalue weighted by molar-refractivity contribution is 5.80. The van der Waals surface area contributed by atoms with Crippen LogP contribution in [0, 0.1) is 0 Å². The molecule has 1 aromatic heterocycles. The first-order valence-corrected chi connectivity index (χ1v) is 8.27. The van der Waals surface area contributed by atoms with E-state index >= 15 is 0 Å². The van der Waals surface area contributed by atoms with Crippen LogP contribution < -0.4 is 5.32 Å². The van der Waals surface area contributed by atoms with Crippen molar-refractivity contribution in [1.29, 1.82) is 0 Å². The van der Waals surface area contributed by atoms with E-state index < -0.39 is 0 Å². The summed E-state index contributed by atoms with van der Waals surface area (Å²) in [5, 5.41) is 13.5. The highest BCUT2D eigenvalue weighted by Crippen LogP contribution is 2.17. The van der Waals surface area contributed by atoms with Crippen molar-refractivity contribution >= 4 is 16.8 Å². The third kappa shape index (κ3) is 3.84. The van der Waals surface area contributed by atoms with Crippen molar-refractivity contribution in [2.75, 3.05) is 6.61 Å². The fraction of sp³-hybridized carbons (Fsp3) is 0.250. The minimum absolute atomic E-state index is 0.00455. The minimum Gasteiger partial charge on any atom is -0.396 e. The number of aromatic nitrogens is 1. The molecule has 2 aromatic carbocycles. The summed E-state index contributed by atoms with van der Waals surface area (Å²) in [7, 11) is 0. The van der Waals surface area contributed by atoms with Crippen LogP contribution in [0.3, 0.4) is 0 Å². The van der Waals surface area contributed by atoms with Gasteiger partial charge in [0.15, 0.2) is 0 Å². The summed E-state index contributed by atoms with van der Waals surface area (Å²) in [6.07, 6.45) is 2.94. The van der Waals surface area contributed by atoms with Gasteiger partial charge in [-0.2, -0.15) is 0 Å². The molecule has 1 atom stereocenters. The van der Waals surface area contributed by atoms with Gasteiger partial charge in [-0.25, -0.2) is 0 Å². The second-order valence-electron chi connectivity index (χ2n) is 5.86. The first-order chi connectivity index (χ1) is 11.8. The van der Waals surface area contributed by atoms with Gasteiger partial charge in [0.05, 0.1) is 6.04 Å². The maximum Gasteiger partial charge on any atom is 0.222 e. The highest BCUT2D eigenvalue weighted by atomic mass is 16.3. The summed E-state index contributed by atoms with van der Waals surface area (Å²) in [4.78, 5) is 12.3. The number of aryl methyl sites for hydroxylation is 1. The number of rotatable bonds is 7. The van der Waals surface area contributed by atoms with E-state index in [2.05, 4.69) is 28.1 Å². The number of para-hydroxylation sites is 1. The molecular formula is C20H22N2O2. The first kappa shape index (κ1) is 16.3. The maximum absolute atomic E-state index is 12.3. The standard InChI is InChI=1S/C20H22N2O2/c23-15-12-18(16-6-2-1-3-7-16)21-20(24)11-14-22-13-10-17-8-4-5-9-19(17)22/h1-10,13,18,23H,11-12,14-15H2,(H,21,24). The fourth-order valence-electron chi connectivity index (χ4n) is 2.96. The molecule has 0 aliphatic rings. The molecule has 0 bridgehead atoms. The summed E-state index contributed by atoms with van der Waals surface area (Å²) in [6, 6.07) is 19.8. The Bertz CT molecular complexity index is 796. The number of hydrogen-bond donors (Lipinski definition) is 2. The van der Waals surface area contributed by atoms with Crippen LogP contribution in [0.4, 0.5) is 0 Å². The molecule has 4 heteroatoms. The van der Waals surface area contributed by atoms with Gasteiger partial charge in [-0.05, 0) is 29.5 Å². The Labute approximate surface area is 141 Å². The molecule has 0 fully saturated rings. The normalized spacial score (nSPS) is 12.2. The topological polar surface area (TPSA) is 54.3 Å². The van der Waals surface area contributed by atoms with Crippen molar-refractivity contribution in [1.82, 2.24) is 9.88 Å². The van der Waals surface area contributed by atoms with Gasteiger partial charge < -0.3 is 15.0 Å². The summed E-state index contributed by atoms with van der Waals surface area (Å²) in [5.41, 5.74) is 2.16. The molecule has 1 amide bonds. The zero-order valence-electron chi connectivity index (χ0n) is 13.6. The highest BCUT2D eigenvalue weighted by Gasteiger charge is 2.14. The maximum atomic E-state index is 12.3. The van der Waals surface area contributed by atoms with E-state index in [0.29, 0.717) is 19.4 Å². The van der Waals surface area contributed by atoms with Crippen LogP contribution in [-0.2, 0) is 11.3 Å². The van der Waals surface area contributed by atoms with Gasteiger partial charge in [0, 0.05) is 31.3 Å². The molecule has 0 aliphatic heterocycles. The number of amides is 1. The van der Waals surface area contributed by atoms with Crippen LogP contribution in [0.15, 0.2) is 66.9 Å². The van der Waals surface area contributed by atoms with Crippen LogP contribution in [0.2, 0.25) is 0 Å². The van der Waals surface area contributed by atoms with Crippen molar-refractivity contribution in [2.45, 2.75) is 25.4 Å². The van der Waals surface area contributed by atoms with Gasteiger partial charge in [-0.3, -0.25) is 4.79 Å². The van der Waals surface area contributed by atoms with Gasteiger partial charge in [-0.15, -0.1) is 0 Å². The number of carbonyl (C=O) groups is 1. The molecule has 124 valence electrons. The molecule has 0 radical (unpaired) electrons. The number of aliphatic hydroxyl groups excluding tert-OH is 1. The van der Waals surface area contributed by atoms with Crippen LogP contribution in [-0.4, -0.2) is 22.2 Å². The number of aliphatic hydroxyl groups is 1. The van der Waals surface area contributed by atoms with Crippen molar-refractivity contribution in [3.8, 4) is 0 Å². The molecular weight excluding hydrogens is 300 g/mol. The van der Waals surface area contributed by atoms with E-state index in [4.69, 9.17) is 0 Å². The van der Waals surface area contributed by atoms with E-state index in [1.54, 1.807) is 0 Å². The Morgan fingerprint density at radius 2 is 1.79 bits per heavy atom. The average molecular weight is 322 g/mol. The molecule has 1 heterocycles. The van der Waals surface area contributed by atoms with Crippen LogP contribution in [0.25, 0.3) is 10.9 Å². The van der Waals surface area contributed by atoms with E-state index in [0.717, 1.165) is 11.1 Å². The SMILES string of the molecule is O=C(CCn1ccc2ccccc21)NC(CCO)c1ccccc1. The predicted octanol–water partition coefficient (Wildman–Crippen LogP) is 3.27. The Morgan fingerprint density at radius 1 is 1.04 bits per heavy atom. The minimum atomic E-state index is -0.148. The molecule has 0 spiro atoms. The van der Waals surface area contributed by atoms with Gasteiger partial charge in [-0.1, -0.05) is 48.5 Å². The molecule has 3 rings (SSSR count). The lowest BCUT2D eigenvalue weighted by Crippen LogP contribution is -2.29. The fourth-order valence-corrected chi connectivity index (χ4v) is 2.96. The Balaban J connectivity index is 1.62. The average Bonchev–Trinajstić information content (AvgIpc) is 3.04. The molecule has 2 N–H and O–H groups in total. The molecule has 3 aromatic rings. The number of nitrogens with one attached hydrogen (secondary N) is 1. The summed E-state index contributed by atoms with van der Waals surface area (Å²) < 4.78 is 2.10.